The normalized spacial score (nSPS) is 18.6. The van der Waals surface area contributed by atoms with Crippen LogP contribution in [0.25, 0.3) is 0 Å². The van der Waals surface area contributed by atoms with Gasteiger partial charge in [0.25, 0.3) is 0 Å². The standard InChI is InChI=1S/C15H24N4O2/c1-11(2)17-13-4-5-16-14(18-13)8-12-9-15(20)19(10-12)6-7-21-3/h4-5,11-12H,6-10H2,1-3H3,(H,16,17,18)/t12-/m1/s1. The Balaban J connectivity index is 1.92. The monoisotopic (exact) mass is 292 g/mol. The van der Waals surface area contributed by atoms with Gasteiger partial charge in [0.15, 0.2) is 0 Å². The van der Waals surface area contributed by atoms with Crippen molar-refractivity contribution in [3.05, 3.63) is 18.1 Å². The van der Waals surface area contributed by atoms with Gasteiger partial charge in [0.05, 0.1) is 6.61 Å². The van der Waals surface area contributed by atoms with E-state index >= 15 is 0 Å². The number of nitrogens with one attached hydrogen (secondary N) is 1. The van der Waals surface area contributed by atoms with Crippen molar-refractivity contribution in [1.29, 1.82) is 0 Å². The number of rotatable bonds is 7. The Labute approximate surface area is 125 Å². The summed E-state index contributed by atoms with van der Waals surface area (Å²) in [5, 5.41) is 3.27. The van der Waals surface area contributed by atoms with Gasteiger partial charge in [-0.25, -0.2) is 9.97 Å². The molecule has 2 heterocycles. The maximum absolute atomic E-state index is 11.9. The second-order valence-corrected chi connectivity index (χ2v) is 5.76. The van der Waals surface area contributed by atoms with Gasteiger partial charge in [0, 0.05) is 45.3 Å². The summed E-state index contributed by atoms with van der Waals surface area (Å²) in [4.78, 5) is 22.6. The van der Waals surface area contributed by atoms with Crippen molar-refractivity contribution < 1.29 is 9.53 Å². The lowest BCUT2D eigenvalue weighted by Crippen LogP contribution is -2.29. The topological polar surface area (TPSA) is 67.3 Å². The Hall–Kier alpha value is -1.69. The highest BCUT2D eigenvalue weighted by Crippen LogP contribution is 2.21. The van der Waals surface area contributed by atoms with Gasteiger partial charge in [0.2, 0.25) is 5.91 Å². The minimum absolute atomic E-state index is 0.202. The number of hydrogen-bond acceptors (Lipinski definition) is 5. The van der Waals surface area contributed by atoms with Crippen LogP contribution in [0.1, 0.15) is 26.1 Å². The first-order valence-corrected chi connectivity index (χ1v) is 7.43. The highest BCUT2D eigenvalue weighted by molar-refractivity contribution is 5.78. The van der Waals surface area contributed by atoms with Crippen LogP contribution in [0.15, 0.2) is 12.3 Å². The molecule has 116 valence electrons. The number of amides is 1. The number of methoxy groups -OCH3 is 1. The van der Waals surface area contributed by atoms with Crippen molar-refractivity contribution in [3.8, 4) is 0 Å². The average molecular weight is 292 g/mol. The molecule has 0 radical (unpaired) electrons. The average Bonchev–Trinajstić information content (AvgIpc) is 2.76. The van der Waals surface area contributed by atoms with Crippen LogP contribution >= 0.6 is 0 Å². The second kappa shape index (κ2) is 7.36. The zero-order chi connectivity index (χ0) is 15.2. The number of carbonyl (C=O) groups is 1. The molecule has 1 atom stereocenters. The molecule has 1 fully saturated rings. The highest BCUT2D eigenvalue weighted by atomic mass is 16.5. The van der Waals surface area contributed by atoms with Gasteiger partial charge in [-0.2, -0.15) is 0 Å². The Morgan fingerprint density at radius 2 is 2.33 bits per heavy atom. The molecule has 0 aliphatic carbocycles. The van der Waals surface area contributed by atoms with E-state index in [2.05, 4.69) is 29.1 Å². The van der Waals surface area contributed by atoms with E-state index in [0.29, 0.717) is 31.5 Å². The molecule has 6 heteroatoms. The van der Waals surface area contributed by atoms with Crippen LogP contribution in [0.2, 0.25) is 0 Å². The summed E-state index contributed by atoms with van der Waals surface area (Å²) < 4.78 is 5.03. The summed E-state index contributed by atoms with van der Waals surface area (Å²) in [6, 6.07) is 2.21. The van der Waals surface area contributed by atoms with Gasteiger partial charge < -0.3 is 15.0 Å². The van der Waals surface area contributed by atoms with Gasteiger partial charge >= 0.3 is 0 Å². The summed E-state index contributed by atoms with van der Waals surface area (Å²) >= 11 is 0. The van der Waals surface area contributed by atoms with Crippen LogP contribution in [0.3, 0.4) is 0 Å². The SMILES string of the molecule is COCCN1C[C@H](Cc2nccc(NC(C)C)n2)CC1=O. The fraction of sp³-hybridized carbons (Fsp3) is 0.667. The van der Waals surface area contributed by atoms with Crippen molar-refractivity contribution in [3.63, 3.8) is 0 Å². The Kier molecular flexibility index (Phi) is 5.50. The van der Waals surface area contributed by atoms with Crippen molar-refractivity contribution in [2.75, 3.05) is 32.1 Å². The van der Waals surface area contributed by atoms with Crippen molar-refractivity contribution in [2.24, 2.45) is 5.92 Å². The molecule has 0 bridgehead atoms. The minimum atomic E-state index is 0.202. The lowest BCUT2D eigenvalue weighted by Gasteiger charge is -2.15. The summed E-state index contributed by atoms with van der Waals surface area (Å²) in [7, 11) is 1.65. The lowest BCUT2D eigenvalue weighted by atomic mass is 10.0. The van der Waals surface area contributed by atoms with Crippen LogP contribution in [-0.4, -0.2) is 53.6 Å². The molecule has 1 saturated heterocycles. The first kappa shape index (κ1) is 15.7. The van der Waals surface area contributed by atoms with E-state index < -0.39 is 0 Å². The summed E-state index contributed by atoms with van der Waals surface area (Å²) in [6.07, 6.45) is 3.09. The fourth-order valence-corrected chi connectivity index (χ4v) is 2.54. The van der Waals surface area contributed by atoms with E-state index in [1.165, 1.54) is 0 Å². The van der Waals surface area contributed by atoms with Crippen LogP contribution < -0.4 is 5.32 Å². The van der Waals surface area contributed by atoms with E-state index in [1.807, 2.05) is 11.0 Å². The Morgan fingerprint density at radius 1 is 1.52 bits per heavy atom. The van der Waals surface area contributed by atoms with Crippen molar-refractivity contribution >= 4 is 11.7 Å². The molecule has 1 amide bonds. The third-order valence-corrected chi connectivity index (χ3v) is 3.47. The summed E-state index contributed by atoms with van der Waals surface area (Å²) in [5.74, 6) is 2.14. The van der Waals surface area contributed by atoms with Gasteiger partial charge in [-0.05, 0) is 25.8 Å². The van der Waals surface area contributed by atoms with E-state index in [1.54, 1.807) is 13.3 Å². The first-order chi connectivity index (χ1) is 10.1. The smallest absolute Gasteiger partial charge is 0.223 e. The molecule has 0 saturated carbocycles. The number of nitrogens with zero attached hydrogens (tertiary/aromatic N) is 3. The number of carbonyl (C=O) groups excluding carboxylic acids is 1. The molecule has 6 nitrogen and oxygen atoms in total. The lowest BCUT2D eigenvalue weighted by molar-refractivity contribution is -0.128. The van der Waals surface area contributed by atoms with Gasteiger partial charge in [0.1, 0.15) is 11.6 Å². The van der Waals surface area contributed by atoms with Crippen molar-refractivity contribution in [2.45, 2.75) is 32.7 Å². The summed E-state index contributed by atoms with van der Waals surface area (Å²) in [6.45, 7) is 6.17. The molecular weight excluding hydrogens is 268 g/mol. The maximum atomic E-state index is 11.9. The Morgan fingerprint density at radius 3 is 3.05 bits per heavy atom. The predicted octanol–water partition coefficient (Wildman–Crippen LogP) is 1.33. The number of ether oxygens (including phenoxy) is 1. The zero-order valence-electron chi connectivity index (χ0n) is 13.0. The molecular formula is C15H24N4O2. The molecule has 21 heavy (non-hydrogen) atoms. The third-order valence-electron chi connectivity index (χ3n) is 3.47. The van der Waals surface area contributed by atoms with Gasteiger partial charge in [-0.3, -0.25) is 4.79 Å². The molecule has 1 aliphatic heterocycles. The molecule has 0 unspecified atom stereocenters. The number of likely N-dealkylation sites (tertiary alicyclic amines) is 1. The molecule has 0 aromatic carbocycles. The van der Waals surface area contributed by atoms with Crippen LogP contribution in [0.4, 0.5) is 5.82 Å². The molecule has 1 aliphatic rings. The first-order valence-electron chi connectivity index (χ1n) is 7.43. The fourth-order valence-electron chi connectivity index (χ4n) is 2.54. The number of aromatic nitrogens is 2. The number of anilines is 1. The van der Waals surface area contributed by atoms with Crippen LogP contribution in [-0.2, 0) is 16.0 Å². The molecule has 1 N–H and O–H groups in total. The predicted molar refractivity (Wildman–Crippen MR) is 81.1 cm³/mol. The molecule has 1 aromatic rings. The Bertz CT molecular complexity index is 478. The van der Waals surface area contributed by atoms with Crippen LogP contribution in [0, 0.1) is 5.92 Å². The minimum Gasteiger partial charge on any atom is -0.383 e. The van der Waals surface area contributed by atoms with Gasteiger partial charge in [-0.1, -0.05) is 0 Å². The highest BCUT2D eigenvalue weighted by Gasteiger charge is 2.29. The largest absolute Gasteiger partial charge is 0.383 e. The van der Waals surface area contributed by atoms with Crippen molar-refractivity contribution in [1.82, 2.24) is 14.9 Å². The van der Waals surface area contributed by atoms with Gasteiger partial charge in [-0.15, -0.1) is 0 Å². The second-order valence-electron chi connectivity index (χ2n) is 5.76. The molecule has 2 rings (SSSR count). The molecule has 1 aromatic heterocycles. The van der Waals surface area contributed by atoms with E-state index in [0.717, 1.165) is 24.6 Å². The number of hydrogen-bond donors (Lipinski definition) is 1. The quantitative estimate of drug-likeness (QED) is 0.821. The zero-order valence-corrected chi connectivity index (χ0v) is 13.0. The maximum Gasteiger partial charge on any atom is 0.223 e. The third kappa shape index (κ3) is 4.67. The van der Waals surface area contributed by atoms with Crippen LogP contribution in [0.5, 0.6) is 0 Å². The summed E-state index contributed by atoms with van der Waals surface area (Å²) in [5.41, 5.74) is 0. The molecule has 0 spiro atoms. The van der Waals surface area contributed by atoms with E-state index in [-0.39, 0.29) is 5.91 Å². The van der Waals surface area contributed by atoms with E-state index in [9.17, 15) is 4.79 Å². The van der Waals surface area contributed by atoms with E-state index in [4.69, 9.17) is 4.74 Å².